The zero-order valence-electron chi connectivity index (χ0n) is 15.3. The van der Waals surface area contributed by atoms with Crippen molar-refractivity contribution in [3.05, 3.63) is 35.5 Å². The van der Waals surface area contributed by atoms with Crippen LogP contribution in [0.25, 0.3) is 10.9 Å². The molecule has 1 aromatic heterocycles. The van der Waals surface area contributed by atoms with Crippen LogP contribution in [0.4, 0.5) is 0 Å². The summed E-state index contributed by atoms with van der Waals surface area (Å²) in [4.78, 5) is 17.5. The molecule has 1 N–H and O–H groups in total. The molecular weight excluding hydrogens is 328 g/mol. The zero-order valence-corrected chi connectivity index (χ0v) is 16.1. The van der Waals surface area contributed by atoms with Crippen molar-refractivity contribution in [1.82, 2.24) is 9.88 Å². The number of carbonyl (C=O) groups excluding carboxylic acids is 1. The van der Waals surface area contributed by atoms with Gasteiger partial charge in [-0.15, -0.1) is 0 Å². The highest BCUT2D eigenvalue weighted by Gasteiger charge is 2.40. The van der Waals surface area contributed by atoms with E-state index in [1.807, 2.05) is 11.8 Å². The zero-order chi connectivity index (χ0) is 17.4. The first-order valence-electron chi connectivity index (χ1n) is 9.57. The fourth-order valence-electron chi connectivity index (χ4n) is 4.93. The second-order valence-electron chi connectivity index (χ2n) is 7.78. The lowest BCUT2D eigenvalue weighted by Gasteiger charge is -2.47. The first kappa shape index (κ1) is 17.2. The summed E-state index contributed by atoms with van der Waals surface area (Å²) in [6.07, 6.45) is 5.87. The predicted molar refractivity (Wildman–Crippen MR) is 107 cm³/mol. The normalized spacial score (nSPS) is 25.9. The van der Waals surface area contributed by atoms with Crippen LogP contribution in [0.15, 0.2) is 24.4 Å². The number of rotatable bonds is 6. The van der Waals surface area contributed by atoms with Crippen LogP contribution in [0.5, 0.6) is 0 Å². The SMILES string of the molecule is CCCN1CC(CSCC(C)=O)CC2c3cccc4[nH]cc(c34)CC21. The van der Waals surface area contributed by atoms with Gasteiger partial charge in [0.05, 0.1) is 5.75 Å². The molecular formula is C21H28N2OS. The highest BCUT2D eigenvalue weighted by atomic mass is 32.2. The molecule has 3 nitrogen and oxygen atoms in total. The lowest BCUT2D eigenvalue weighted by molar-refractivity contribution is -0.114. The fraction of sp³-hybridized carbons (Fsp3) is 0.571. The van der Waals surface area contributed by atoms with Crippen LogP contribution in [0.1, 0.15) is 43.7 Å². The van der Waals surface area contributed by atoms with E-state index in [0.717, 1.165) is 5.75 Å². The summed E-state index contributed by atoms with van der Waals surface area (Å²) in [6, 6.07) is 7.41. The van der Waals surface area contributed by atoms with Crippen molar-refractivity contribution < 1.29 is 4.79 Å². The highest BCUT2D eigenvalue weighted by Crippen LogP contribution is 2.45. The molecule has 0 saturated carbocycles. The van der Waals surface area contributed by atoms with Crippen LogP contribution in [0.2, 0.25) is 0 Å². The van der Waals surface area contributed by atoms with Crippen molar-refractivity contribution in [2.45, 2.75) is 45.1 Å². The quantitative estimate of drug-likeness (QED) is 0.841. The third-order valence-electron chi connectivity index (χ3n) is 5.83. The second kappa shape index (κ2) is 7.16. The van der Waals surface area contributed by atoms with Gasteiger partial charge in [0.15, 0.2) is 0 Å². The molecule has 1 saturated heterocycles. The standard InChI is InChI=1S/C21H28N2OS/c1-3-7-23-11-15(13-25-12-14(2)24)8-18-17-5-4-6-19-21(17)16(10-22-19)9-20(18)23/h4-6,10,15,18,20,22H,3,7-9,11-13H2,1-2H3. The first-order valence-corrected chi connectivity index (χ1v) is 10.7. The average molecular weight is 357 g/mol. The van der Waals surface area contributed by atoms with Gasteiger partial charge in [0.2, 0.25) is 0 Å². The molecule has 2 aromatic rings. The molecule has 1 aliphatic heterocycles. The molecule has 4 heteroatoms. The number of piperidine rings is 1. The number of nitrogens with zero attached hydrogens (tertiary/aromatic N) is 1. The molecule has 0 amide bonds. The van der Waals surface area contributed by atoms with E-state index in [1.165, 1.54) is 48.8 Å². The number of likely N-dealkylation sites (tertiary alicyclic amines) is 1. The number of hydrogen-bond acceptors (Lipinski definition) is 3. The molecule has 1 aromatic carbocycles. The number of aromatic amines is 1. The Morgan fingerprint density at radius 2 is 2.28 bits per heavy atom. The van der Waals surface area contributed by atoms with E-state index < -0.39 is 0 Å². The lowest BCUT2D eigenvalue weighted by Crippen LogP contribution is -2.50. The minimum absolute atomic E-state index is 0.295. The molecule has 0 bridgehead atoms. The number of ketones is 1. The molecule has 134 valence electrons. The molecule has 1 fully saturated rings. The second-order valence-corrected chi connectivity index (χ2v) is 8.81. The molecule has 0 radical (unpaired) electrons. The Morgan fingerprint density at radius 3 is 3.08 bits per heavy atom. The van der Waals surface area contributed by atoms with Crippen LogP contribution in [0.3, 0.4) is 0 Å². The number of benzene rings is 1. The number of H-pyrrole nitrogens is 1. The Kier molecular flexibility index (Phi) is 4.92. The molecule has 25 heavy (non-hydrogen) atoms. The summed E-state index contributed by atoms with van der Waals surface area (Å²) in [5.74, 6) is 3.39. The highest BCUT2D eigenvalue weighted by molar-refractivity contribution is 7.99. The number of aromatic nitrogens is 1. The topological polar surface area (TPSA) is 36.1 Å². The Labute approximate surface area is 154 Å². The minimum Gasteiger partial charge on any atom is -0.361 e. The van der Waals surface area contributed by atoms with Crippen LogP contribution >= 0.6 is 11.8 Å². The number of hydrogen-bond donors (Lipinski definition) is 1. The van der Waals surface area contributed by atoms with Crippen LogP contribution in [-0.2, 0) is 11.2 Å². The Balaban J connectivity index is 1.61. The number of carbonyl (C=O) groups is 1. The molecule has 3 unspecified atom stereocenters. The summed E-state index contributed by atoms with van der Waals surface area (Å²) >= 11 is 1.82. The van der Waals surface area contributed by atoms with E-state index >= 15 is 0 Å². The summed E-state index contributed by atoms with van der Waals surface area (Å²) < 4.78 is 0. The van der Waals surface area contributed by atoms with E-state index in [2.05, 4.69) is 41.2 Å². The largest absolute Gasteiger partial charge is 0.361 e. The monoisotopic (exact) mass is 356 g/mol. The number of nitrogens with one attached hydrogen (secondary N) is 1. The summed E-state index contributed by atoms with van der Waals surface area (Å²) in [5.41, 5.74) is 4.34. The van der Waals surface area contributed by atoms with Gasteiger partial charge in [-0.3, -0.25) is 9.69 Å². The van der Waals surface area contributed by atoms with Crippen molar-refractivity contribution in [2.24, 2.45) is 5.92 Å². The maximum absolute atomic E-state index is 11.3. The molecule has 3 atom stereocenters. The van der Waals surface area contributed by atoms with E-state index in [1.54, 1.807) is 12.5 Å². The van der Waals surface area contributed by atoms with Gasteiger partial charge in [0.25, 0.3) is 0 Å². The third kappa shape index (κ3) is 3.26. The minimum atomic E-state index is 0.295. The van der Waals surface area contributed by atoms with Crippen LogP contribution in [-0.4, -0.2) is 46.3 Å². The maximum atomic E-state index is 11.3. The lowest BCUT2D eigenvalue weighted by atomic mass is 9.72. The number of thioether (sulfide) groups is 1. The van der Waals surface area contributed by atoms with Crippen molar-refractivity contribution in [2.75, 3.05) is 24.6 Å². The van der Waals surface area contributed by atoms with Gasteiger partial charge in [0.1, 0.15) is 5.78 Å². The van der Waals surface area contributed by atoms with Gasteiger partial charge in [0, 0.05) is 35.6 Å². The third-order valence-corrected chi connectivity index (χ3v) is 7.15. The summed E-state index contributed by atoms with van der Waals surface area (Å²) in [6.45, 7) is 6.36. The van der Waals surface area contributed by atoms with Crippen LogP contribution < -0.4 is 0 Å². The Bertz CT molecular complexity index is 768. The van der Waals surface area contributed by atoms with Gasteiger partial charge in [-0.05, 0) is 61.6 Å². The van der Waals surface area contributed by atoms with Gasteiger partial charge < -0.3 is 4.98 Å². The summed E-state index contributed by atoms with van der Waals surface area (Å²) in [7, 11) is 0. The Morgan fingerprint density at radius 1 is 1.40 bits per heavy atom. The first-order chi connectivity index (χ1) is 12.2. The predicted octanol–water partition coefficient (Wildman–Crippen LogP) is 4.23. The van der Waals surface area contributed by atoms with Gasteiger partial charge in [-0.2, -0.15) is 11.8 Å². The van der Waals surface area contributed by atoms with E-state index in [9.17, 15) is 4.79 Å². The Hall–Kier alpha value is -1.26. The molecule has 0 spiro atoms. The van der Waals surface area contributed by atoms with Crippen molar-refractivity contribution in [3.63, 3.8) is 0 Å². The van der Waals surface area contributed by atoms with Crippen molar-refractivity contribution in [1.29, 1.82) is 0 Å². The van der Waals surface area contributed by atoms with Gasteiger partial charge >= 0.3 is 0 Å². The van der Waals surface area contributed by atoms with E-state index in [-0.39, 0.29) is 0 Å². The van der Waals surface area contributed by atoms with Crippen LogP contribution in [0, 0.1) is 5.92 Å². The van der Waals surface area contributed by atoms with E-state index in [4.69, 9.17) is 0 Å². The van der Waals surface area contributed by atoms with Gasteiger partial charge in [-0.25, -0.2) is 0 Å². The molecule has 4 rings (SSSR count). The molecule has 2 aliphatic rings. The number of fused-ring (bicyclic) bond motifs is 2. The smallest absolute Gasteiger partial charge is 0.139 e. The number of Topliss-reactive ketones (excluding diaryl/α,β-unsaturated/α-hetero) is 1. The average Bonchev–Trinajstić information content (AvgIpc) is 3.00. The molecule has 2 heterocycles. The summed E-state index contributed by atoms with van der Waals surface area (Å²) in [5, 5.41) is 1.48. The fourth-order valence-corrected chi connectivity index (χ4v) is 5.91. The van der Waals surface area contributed by atoms with E-state index in [0.29, 0.717) is 29.4 Å². The molecule has 1 aliphatic carbocycles. The van der Waals surface area contributed by atoms with Crippen molar-refractivity contribution in [3.8, 4) is 0 Å². The van der Waals surface area contributed by atoms with Crippen molar-refractivity contribution >= 4 is 28.4 Å². The van der Waals surface area contributed by atoms with Gasteiger partial charge in [-0.1, -0.05) is 19.1 Å². The maximum Gasteiger partial charge on any atom is 0.139 e.